The Hall–Kier alpha value is -1.94. The second-order valence-corrected chi connectivity index (χ2v) is 10.6. The molecule has 0 bridgehead atoms. The van der Waals surface area contributed by atoms with Gasteiger partial charge < -0.3 is 0 Å². The van der Waals surface area contributed by atoms with E-state index in [1.807, 2.05) is 24.4 Å². The van der Waals surface area contributed by atoms with Gasteiger partial charge in [0.1, 0.15) is 0 Å². The molecule has 2 aliphatic rings. The normalized spacial score (nSPS) is 17.1. The molecule has 0 spiro atoms. The number of para-hydroxylation sites is 1. The molecular formula is C20H16N2OSSe. The summed E-state index contributed by atoms with van der Waals surface area (Å²) in [6, 6.07) is 16.6. The molecule has 1 aromatic heterocycles. The molecule has 0 fully saturated rings. The number of anilines is 3. The summed E-state index contributed by atoms with van der Waals surface area (Å²) >= 11 is -0.563. The van der Waals surface area contributed by atoms with Crippen molar-refractivity contribution in [3.05, 3.63) is 60.3 Å². The van der Waals surface area contributed by atoms with E-state index >= 15 is 0 Å². The van der Waals surface area contributed by atoms with Gasteiger partial charge in [0.15, 0.2) is 0 Å². The molecule has 5 rings (SSSR count). The van der Waals surface area contributed by atoms with Crippen LogP contribution in [0.4, 0.5) is 17.2 Å². The van der Waals surface area contributed by atoms with Crippen molar-refractivity contribution in [1.82, 2.24) is 4.98 Å². The first-order chi connectivity index (χ1) is 12.1. The number of benzene rings is 2. The van der Waals surface area contributed by atoms with Gasteiger partial charge in [0.05, 0.1) is 0 Å². The Balaban J connectivity index is 1.86. The first-order valence-corrected chi connectivity index (χ1v) is 11.5. The Morgan fingerprint density at radius 2 is 1.88 bits per heavy atom. The van der Waals surface area contributed by atoms with Gasteiger partial charge in [-0.15, -0.1) is 0 Å². The van der Waals surface area contributed by atoms with E-state index in [9.17, 15) is 3.83 Å². The quantitative estimate of drug-likeness (QED) is 0.391. The zero-order valence-corrected chi connectivity index (χ0v) is 16.4. The van der Waals surface area contributed by atoms with Crippen molar-refractivity contribution in [2.24, 2.45) is 0 Å². The van der Waals surface area contributed by atoms with Crippen molar-refractivity contribution in [2.45, 2.75) is 29.6 Å². The number of aromatic nitrogens is 1. The SMILES string of the molecule is CC(C)c1ccc2c(c1)N1c3ncccc3Sc3cccc(c31)[Se]2=O. The number of rotatable bonds is 1. The summed E-state index contributed by atoms with van der Waals surface area (Å²) in [6.45, 7) is 4.38. The van der Waals surface area contributed by atoms with Crippen LogP contribution in [-0.2, 0) is 3.83 Å². The Labute approximate surface area is 155 Å². The van der Waals surface area contributed by atoms with Gasteiger partial charge in [-0.05, 0) is 0 Å². The van der Waals surface area contributed by atoms with E-state index in [1.54, 1.807) is 11.8 Å². The van der Waals surface area contributed by atoms with Crippen molar-refractivity contribution < 1.29 is 3.83 Å². The molecule has 124 valence electrons. The summed E-state index contributed by atoms with van der Waals surface area (Å²) in [6.07, 6.45) is 1.83. The minimum atomic E-state index is -2.28. The van der Waals surface area contributed by atoms with Crippen molar-refractivity contribution in [3.8, 4) is 0 Å². The summed E-state index contributed by atoms with van der Waals surface area (Å²) in [7, 11) is 0. The van der Waals surface area contributed by atoms with E-state index < -0.39 is 13.8 Å². The molecule has 1 atom stereocenters. The van der Waals surface area contributed by atoms with Crippen molar-refractivity contribution in [1.29, 1.82) is 0 Å². The van der Waals surface area contributed by atoms with Crippen LogP contribution in [0.1, 0.15) is 25.3 Å². The fraction of sp³-hybridized carbons (Fsp3) is 0.150. The molecule has 0 saturated heterocycles. The van der Waals surface area contributed by atoms with E-state index in [1.165, 1.54) is 5.56 Å². The molecule has 2 aromatic carbocycles. The van der Waals surface area contributed by atoms with Crippen LogP contribution in [0.5, 0.6) is 0 Å². The Morgan fingerprint density at radius 1 is 1.04 bits per heavy atom. The van der Waals surface area contributed by atoms with Crippen LogP contribution >= 0.6 is 11.8 Å². The van der Waals surface area contributed by atoms with Crippen LogP contribution in [0.25, 0.3) is 0 Å². The summed E-state index contributed by atoms with van der Waals surface area (Å²) < 4.78 is 15.2. The molecule has 0 radical (unpaired) electrons. The molecule has 0 saturated carbocycles. The number of nitrogens with zero attached hydrogens (tertiary/aromatic N) is 2. The summed E-state index contributed by atoms with van der Waals surface area (Å²) in [5, 5.41) is 0. The van der Waals surface area contributed by atoms with E-state index in [2.05, 4.69) is 54.1 Å². The van der Waals surface area contributed by atoms with Crippen LogP contribution in [0, 0.1) is 0 Å². The van der Waals surface area contributed by atoms with E-state index in [0.717, 1.165) is 35.9 Å². The van der Waals surface area contributed by atoms with Gasteiger partial charge in [-0.3, -0.25) is 0 Å². The topological polar surface area (TPSA) is 33.2 Å². The number of fused-ring (bicyclic) bond motifs is 4. The minimum absolute atomic E-state index is 0.425. The van der Waals surface area contributed by atoms with E-state index in [4.69, 9.17) is 0 Å². The fourth-order valence-electron chi connectivity index (χ4n) is 3.39. The van der Waals surface area contributed by atoms with Gasteiger partial charge in [-0.25, -0.2) is 0 Å². The first-order valence-electron chi connectivity index (χ1n) is 8.27. The average Bonchev–Trinajstić information content (AvgIpc) is 2.64. The van der Waals surface area contributed by atoms with Crippen molar-refractivity contribution in [3.63, 3.8) is 0 Å². The molecule has 0 N–H and O–H groups in total. The van der Waals surface area contributed by atoms with Crippen molar-refractivity contribution in [2.75, 3.05) is 4.90 Å². The molecule has 3 nitrogen and oxygen atoms in total. The molecule has 0 amide bonds. The monoisotopic (exact) mass is 412 g/mol. The summed E-state index contributed by atoms with van der Waals surface area (Å²) in [5.41, 5.74) is 3.35. The zero-order valence-electron chi connectivity index (χ0n) is 13.9. The van der Waals surface area contributed by atoms with Gasteiger partial charge >= 0.3 is 155 Å². The molecule has 3 aromatic rings. The van der Waals surface area contributed by atoms with Crippen LogP contribution in [0.3, 0.4) is 0 Å². The third-order valence-corrected chi connectivity index (χ3v) is 8.84. The van der Waals surface area contributed by atoms with Crippen LogP contribution < -0.4 is 13.8 Å². The molecule has 5 heteroatoms. The third kappa shape index (κ3) is 2.16. The summed E-state index contributed by atoms with van der Waals surface area (Å²) in [4.78, 5) is 9.17. The van der Waals surface area contributed by atoms with Crippen LogP contribution in [-0.4, -0.2) is 18.8 Å². The van der Waals surface area contributed by atoms with Gasteiger partial charge in [0.2, 0.25) is 0 Å². The Morgan fingerprint density at radius 3 is 2.72 bits per heavy atom. The zero-order chi connectivity index (χ0) is 17.1. The molecule has 1 unspecified atom stereocenters. The number of pyridine rings is 1. The molecular weight excluding hydrogens is 395 g/mol. The van der Waals surface area contributed by atoms with Gasteiger partial charge in [-0.1, -0.05) is 0 Å². The predicted molar refractivity (Wildman–Crippen MR) is 103 cm³/mol. The maximum atomic E-state index is 13.3. The Bertz CT molecular complexity index is 1050. The van der Waals surface area contributed by atoms with Crippen LogP contribution in [0.2, 0.25) is 0 Å². The maximum absolute atomic E-state index is 13.3. The Kier molecular flexibility index (Phi) is 3.39. The molecule has 25 heavy (non-hydrogen) atoms. The summed E-state index contributed by atoms with van der Waals surface area (Å²) in [5.74, 6) is 1.36. The first kappa shape index (κ1) is 15.3. The predicted octanol–water partition coefficient (Wildman–Crippen LogP) is 3.99. The van der Waals surface area contributed by atoms with E-state index in [0.29, 0.717) is 5.92 Å². The van der Waals surface area contributed by atoms with E-state index in [-0.39, 0.29) is 0 Å². The third-order valence-electron chi connectivity index (χ3n) is 4.66. The van der Waals surface area contributed by atoms with Crippen molar-refractivity contribution >= 4 is 51.7 Å². The van der Waals surface area contributed by atoms with Crippen LogP contribution in [0.15, 0.2) is 64.5 Å². The fourth-order valence-corrected chi connectivity index (χ4v) is 7.42. The second kappa shape index (κ2) is 5.53. The van der Waals surface area contributed by atoms with Gasteiger partial charge in [0, 0.05) is 0 Å². The second-order valence-electron chi connectivity index (χ2n) is 6.52. The standard InChI is InChI=1S/C20H16N2OSSe/c1-12(2)13-8-9-17-14(11-13)22-19-15(5-3-7-18(19)25(17)23)24-16-6-4-10-21-20(16)22/h3-12H,1-2H3. The molecule has 0 aliphatic carbocycles. The molecule has 2 aliphatic heterocycles. The average molecular weight is 411 g/mol. The van der Waals surface area contributed by atoms with Gasteiger partial charge in [0.25, 0.3) is 0 Å². The number of hydrogen-bond acceptors (Lipinski definition) is 4. The number of hydrogen-bond donors (Lipinski definition) is 0. The van der Waals surface area contributed by atoms with Gasteiger partial charge in [-0.2, -0.15) is 0 Å². The molecule has 3 heterocycles.